The summed E-state index contributed by atoms with van der Waals surface area (Å²) < 4.78 is 13.5. The first kappa shape index (κ1) is 20.9. The molecule has 0 unspecified atom stereocenters. The lowest BCUT2D eigenvalue weighted by atomic mass is 9.97. The number of carbonyl (C=O) groups is 2. The van der Waals surface area contributed by atoms with Gasteiger partial charge in [0, 0.05) is 36.3 Å². The minimum atomic E-state index is -0.659. The molecule has 1 fully saturated rings. The molecule has 0 saturated carbocycles. The molecule has 0 bridgehead atoms. The highest BCUT2D eigenvalue weighted by atomic mass is 35.5. The Balaban J connectivity index is 1.50. The molecule has 160 valence electrons. The summed E-state index contributed by atoms with van der Waals surface area (Å²) in [5.41, 5.74) is 0.207. The lowest BCUT2D eigenvalue weighted by Gasteiger charge is -2.46. The van der Waals surface area contributed by atoms with Gasteiger partial charge in [0.25, 0.3) is 17.6 Å². The van der Waals surface area contributed by atoms with Crippen LogP contribution >= 0.6 is 11.6 Å². The molecule has 1 aliphatic heterocycles. The number of halogens is 2. The summed E-state index contributed by atoms with van der Waals surface area (Å²) in [6.45, 7) is 4.76. The smallest absolute Gasteiger partial charge is 0.296 e. The highest BCUT2D eigenvalue weighted by Crippen LogP contribution is 2.24. The predicted molar refractivity (Wildman–Crippen MR) is 112 cm³/mol. The summed E-state index contributed by atoms with van der Waals surface area (Å²) in [7, 11) is 0. The molecule has 1 aromatic heterocycles. The second-order valence-corrected chi connectivity index (χ2v) is 8.33. The minimum Gasteiger partial charge on any atom is -0.335 e. The van der Waals surface area contributed by atoms with E-state index in [0.717, 1.165) is 4.80 Å². The van der Waals surface area contributed by atoms with Gasteiger partial charge in [-0.3, -0.25) is 9.59 Å². The summed E-state index contributed by atoms with van der Waals surface area (Å²) in [5.74, 6) is -1.07. The second-order valence-electron chi connectivity index (χ2n) is 7.89. The van der Waals surface area contributed by atoms with Crippen molar-refractivity contribution in [1.82, 2.24) is 30.0 Å². The normalized spacial score (nSPS) is 15.7. The van der Waals surface area contributed by atoms with Crippen LogP contribution in [0.5, 0.6) is 0 Å². The number of aromatic nitrogens is 4. The molecule has 1 aliphatic rings. The number of benzene rings is 2. The van der Waals surface area contributed by atoms with Crippen molar-refractivity contribution in [3.8, 4) is 5.69 Å². The number of nitrogens with zero attached hydrogens (tertiary/aromatic N) is 6. The zero-order valence-electron chi connectivity index (χ0n) is 17.0. The largest absolute Gasteiger partial charge is 0.335 e. The van der Waals surface area contributed by atoms with Gasteiger partial charge in [0.05, 0.1) is 11.2 Å². The van der Waals surface area contributed by atoms with Gasteiger partial charge < -0.3 is 9.80 Å². The SMILES string of the molecule is CC1(C)CN(C(=O)c2cccc(Cl)c2)CCN1C(=O)c1nnn(-c2cccc(F)c2)n1. The van der Waals surface area contributed by atoms with Crippen molar-refractivity contribution < 1.29 is 14.0 Å². The molecule has 1 saturated heterocycles. The fourth-order valence-corrected chi connectivity index (χ4v) is 3.83. The van der Waals surface area contributed by atoms with Crippen molar-refractivity contribution >= 4 is 23.4 Å². The van der Waals surface area contributed by atoms with Crippen molar-refractivity contribution in [3.05, 3.63) is 70.8 Å². The van der Waals surface area contributed by atoms with Gasteiger partial charge >= 0.3 is 0 Å². The molecule has 2 amide bonds. The molecule has 0 radical (unpaired) electrons. The van der Waals surface area contributed by atoms with Gasteiger partial charge in [-0.05, 0) is 49.4 Å². The average Bonchev–Trinajstić information content (AvgIpc) is 3.22. The molecule has 31 heavy (non-hydrogen) atoms. The average molecular weight is 443 g/mol. The Morgan fingerprint density at radius 1 is 1.06 bits per heavy atom. The minimum absolute atomic E-state index is 0.0908. The first-order chi connectivity index (χ1) is 14.7. The maximum atomic E-state index is 13.5. The van der Waals surface area contributed by atoms with Gasteiger partial charge in [-0.1, -0.05) is 23.7 Å². The quantitative estimate of drug-likeness (QED) is 0.622. The zero-order valence-corrected chi connectivity index (χ0v) is 17.8. The molecule has 8 nitrogen and oxygen atoms in total. The monoisotopic (exact) mass is 442 g/mol. The van der Waals surface area contributed by atoms with E-state index < -0.39 is 17.3 Å². The van der Waals surface area contributed by atoms with Crippen LogP contribution < -0.4 is 0 Å². The topological polar surface area (TPSA) is 84.2 Å². The Morgan fingerprint density at radius 2 is 1.84 bits per heavy atom. The Kier molecular flexibility index (Phi) is 5.45. The van der Waals surface area contributed by atoms with Crippen LogP contribution in [0.1, 0.15) is 34.8 Å². The van der Waals surface area contributed by atoms with Crippen molar-refractivity contribution in [2.75, 3.05) is 19.6 Å². The maximum Gasteiger partial charge on any atom is 0.296 e. The van der Waals surface area contributed by atoms with Crippen molar-refractivity contribution in [1.29, 1.82) is 0 Å². The number of piperazine rings is 1. The third-order valence-corrected chi connectivity index (χ3v) is 5.39. The predicted octanol–water partition coefficient (Wildman–Crippen LogP) is 2.83. The summed E-state index contributed by atoms with van der Waals surface area (Å²) in [6.07, 6.45) is 0. The second kappa shape index (κ2) is 8.07. The first-order valence-electron chi connectivity index (χ1n) is 9.67. The lowest BCUT2D eigenvalue weighted by Crippen LogP contribution is -2.62. The van der Waals surface area contributed by atoms with Crippen LogP contribution in [-0.2, 0) is 0 Å². The molecule has 0 spiro atoms. The molecule has 4 rings (SSSR count). The van der Waals surface area contributed by atoms with Crippen molar-refractivity contribution in [3.63, 3.8) is 0 Å². The van der Waals surface area contributed by atoms with Gasteiger partial charge in [-0.15, -0.1) is 15.0 Å². The van der Waals surface area contributed by atoms with Gasteiger partial charge in [0.2, 0.25) is 0 Å². The van der Waals surface area contributed by atoms with Crippen LogP contribution in [0.3, 0.4) is 0 Å². The van der Waals surface area contributed by atoms with Crippen LogP contribution in [0.25, 0.3) is 5.69 Å². The third-order valence-electron chi connectivity index (χ3n) is 5.15. The Morgan fingerprint density at radius 3 is 2.55 bits per heavy atom. The van der Waals surface area contributed by atoms with E-state index in [2.05, 4.69) is 15.4 Å². The van der Waals surface area contributed by atoms with Crippen LogP contribution in [0.15, 0.2) is 48.5 Å². The zero-order chi connectivity index (χ0) is 22.2. The van der Waals surface area contributed by atoms with E-state index in [1.165, 1.54) is 18.2 Å². The Hall–Kier alpha value is -3.33. The van der Waals surface area contributed by atoms with E-state index in [9.17, 15) is 14.0 Å². The first-order valence-corrected chi connectivity index (χ1v) is 10.1. The number of tetrazole rings is 1. The molecule has 0 atom stereocenters. The number of hydrogen-bond acceptors (Lipinski definition) is 5. The summed E-state index contributed by atoms with van der Waals surface area (Å²) in [5, 5.41) is 12.3. The molecule has 2 aromatic carbocycles. The van der Waals surface area contributed by atoms with Gasteiger partial charge in [0.15, 0.2) is 0 Å². The van der Waals surface area contributed by atoms with Gasteiger partial charge in [-0.25, -0.2) is 4.39 Å². The van der Waals surface area contributed by atoms with E-state index in [-0.39, 0.29) is 11.7 Å². The Bertz CT molecular complexity index is 1150. The molecular weight excluding hydrogens is 423 g/mol. The van der Waals surface area contributed by atoms with Crippen molar-refractivity contribution in [2.45, 2.75) is 19.4 Å². The summed E-state index contributed by atoms with van der Waals surface area (Å²) in [4.78, 5) is 30.4. The molecule has 0 N–H and O–H groups in total. The molecule has 3 aromatic rings. The van der Waals surface area contributed by atoms with Gasteiger partial charge in [0.1, 0.15) is 5.82 Å². The number of rotatable bonds is 3. The molecule has 0 aliphatic carbocycles. The van der Waals surface area contributed by atoms with E-state index in [1.807, 2.05) is 13.8 Å². The molecule has 10 heteroatoms. The van der Waals surface area contributed by atoms with E-state index in [4.69, 9.17) is 11.6 Å². The molecular formula is C21H20ClFN6O2. The highest BCUT2D eigenvalue weighted by molar-refractivity contribution is 6.30. The van der Waals surface area contributed by atoms with E-state index >= 15 is 0 Å². The highest BCUT2D eigenvalue weighted by Gasteiger charge is 2.40. The summed E-state index contributed by atoms with van der Waals surface area (Å²) in [6, 6.07) is 12.5. The van der Waals surface area contributed by atoms with Crippen LogP contribution in [-0.4, -0.2) is 67.0 Å². The van der Waals surface area contributed by atoms with Crippen molar-refractivity contribution in [2.24, 2.45) is 0 Å². The van der Waals surface area contributed by atoms with E-state index in [0.29, 0.717) is 35.9 Å². The lowest BCUT2D eigenvalue weighted by molar-refractivity contribution is 0.0160. The van der Waals surface area contributed by atoms with Gasteiger partial charge in [-0.2, -0.15) is 0 Å². The number of amides is 2. The maximum absolute atomic E-state index is 13.5. The molecule has 2 heterocycles. The standard InChI is InChI=1S/C21H20ClFN6O2/c1-21(2)13-27(19(30)14-5-3-6-15(22)11-14)9-10-28(21)20(31)18-24-26-29(25-18)17-8-4-7-16(23)12-17/h3-8,11-12H,9-10,13H2,1-2H3. The number of hydrogen-bond donors (Lipinski definition) is 0. The number of carbonyl (C=O) groups excluding carboxylic acids is 2. The van der Waals surface area contributed by atoms with Crippen LogP contribution in [0.4, 0.5) is 4.39 Å². The van der Waals surface area contributed by atoms with E-state index in [1.54, 1.807) is 40.1 Å². The van der Waals surface area contributed by atoms with Crippen LogP contribution in [0.2, 0.25) is 5.02 Å². The third kappa shape index (κ3) is 4.27. The Labute approximate surface area is 183 Å². The fraction of sp³-hybridized carbons (Fsp3) is 0.286. The van der Waals surface area contributed by atoms with Crippen LogP contribution in [0, 0.1) is 5.82 Å². The fourth-order valence-electron chi connectivity index (χ4n) is 3.64. The summed E-state index contributed by atoms with van der Waals surface area (Å²) >= 11 is 6.01.